The number of nitrogens with one attached hydrogen (secondary N) is 2. The van der Waals surface area contributed by atoms with Crippen molar-refractivity contribution in [2.24, 2.45) is 0 Å². The Morgan fingerprint density at radius 1 is 1.03 bits per heavy atom. The smallest absolute Gasteiger partial charge is 0.374 e. The molecule has 0 spiro atoms. The average Bonchev–Trinajstić information content (AvgIpc) is 3.19. The molecule has 0 aliphatic heterocycles. The third-order valence-electron chi connectivity index (χ3n) is 4.76. The number of unbranched alkanes of at least 4 members (excludes halogenated alkanes) is 2. The van der Waals surface area contributed by atoms with Crippen molar-refractivity contribution in [3.05, 3.63) is 65.4 Å². The van der Waals surface area contributed by atoms with Crippen molar-refractivity contribution < 1.29 is 18.7 Å². The van der Waals surface area contributed by atoms with Crippen LogP contribution in [0.15, 0.2) is 52.9 Å². The first-order valence-corrected chi connectivity index (χ1v) is 10.8. The number of aryl methyl sites for hydroxylation is 1. The summed E-state index contributed by atoms with van der Waals surface area (Å²) in [4.78, 5) is 24.4. The van der Waals surface area contributed by atoms with Crippen LogP contribution in [0.2, 0.25) is 0 Å². The molecule has 7 heteroatoms. The summed E-state index contributed by atoms with van der Waals surface area (Å²) < 4.78 is 10.4. The number of furan rings is 1. The minimum absolute atomic E-state index is 0.102. The van der Waals surface area contributed by atoms with Gasteiger partial charge in [-0.2, -0.15) is 0 Å². The van der Waals surface area contributed by atoms with Gasteiger partial charge in [-0.1, -0.05) is 31.9 Å². The summed E-state index contributed by atoms with van der Waals surface area (Å²) in [5.41, 5.74) is 3.00. The van der Waals surface area contributed by atoms with E-state index in [1.54, 1.807) is 31.2 Å². The predicted octanol–water partition coefficient (Wildman–Crippen LogP) is 5.47. The van der Waals surface area contributed by atoms with Crippen molar-refractivity contribution >= 4 is 45.9 Å². The van der Waals surface area contributed by atoms with Crippen molar-refractivity contribution in [2.45, 2.75) is 39.5 Å². The number of amides is 1. The van der Waals surface area contributed by atoms with Gasteiger partial charge < -0.3 is 14.5 Å². The van der Waals surface area contributed by atoms with Gasteiger partial charge in [0.15, 0.2) is 5.11 Å². The Morgan fingerprint density at radius 3 is 2.52 bits per heavy atom. The van der Waals surface area contributed by atoms with Gasteiger partial charge in [0.1, 0.15) is 5.58 Å². The van der Waals surface area contributed by atoms with E-state index in [-0.39, 0.29) is 23.4 Å². The minimum atomic E-state index is -0.536. The van der Waals surface area contributed by atoms with Gasteiger partial charge >= 0.3 is 5.97 Å². The molecule has 0 bridgehead atoms. The van der Waals surface area contributed by atoms with E-state index in [1.165, 1.54) is 24.8 Å². The first-order chi connectivity index (χ1) is 15.0. The lowest BCUT2D eigenvalue weighted by atomic mass is 10.1. The summed E-state index contributed by atoms with van der Waals surface area (Å²) >= 11 is 5.27. The van der Waals surface area contributed by atoms with E-state index in [0.29, 0.717) is 16.5 Å². The van der Waals surface area contributed by atoms with Crippen molar-refractivity contribution in [1.82, 2.24) is 5.32 Å². The monoisotopic (exact) mass is 438 g/mol. The lowest BCUT2D eigenvalue weighted by Gasteiger charge is -2.10. The Kier molecular flexibility index (Phi) is 7.78. The molecule has 0 saturated heterocycles. The molecule has 0 aliphatic rings. The third-order valence-corrected chi connectivity index (χ3v) is 4.97. The van der Waals surface area contributed by atoms with E-state index < -0.39 is 5.97 Å². The zero-order valence-electron chi connectivity index (χ0n) is 17.7. The largest absolute Gasteiger partial charge is 0.460 e. The summed E-state index contributed by atoms with van der Waals surface area (Å²) in [5, 5.41) is 6.55. The van der Waals surface area contributed by atoms with Crippen molar-refractivity contribution in [3.63, 3.8) is 0 Å². The van der Waals surface area contributed by atoms with Crippen LogP contribution in [0.1, 0.15) is 59.6 Å². The van der Waals surface area contributed by atoms with Crippen LogP contribution in [-0.4, -0.2) is 23.6 Å². The maximum Gasteiger partial charge on any atom is 0.374 e. The molecule has 1 aromatic heterocycles. The fourth-order valence-electron chi connectivity index (χ4n) is 3.16. The summed E-state index contributed by atoms with van der Waals surface area (Å²) in [6, 6.07) is 14.5. The zero-order valence-corrected chi connectivity index (χ0v) is 18.5. The fraction of sp³-hybridized carbons (Fsp3) is 0.292. The first-order valence-electron chi connectivity index (χ1n) is 10.4. The van der Waals surface area contributed by atoms with E-state index in [4.69, 9.17) is 21.4 Å². The Morgan fingerprint density at radius 2 is 1.81 bits per heavy atom. The molecule has 1 amide bonds. The molecule has 2 aromatic carbocycles. The number of thiocarbonyl (C=S) groups is 1. The van der Waals surface area contributed by atoms with Gasteiger partial charge in [-0.05, 0) is 73.9 Å². The van der Waals surface area contributed by atoms with Crippen molar-refractivity contribution in [1.29, 1.82) is 0 Å². The van der Waals surface area contributed by atoms with Crippen LogP contribution in [0.5, 0.6) is 0 Å². The van der Waals surface area contributed by atoms with Crippen molar-refractivity contribution in [2.75, 3.05) is 11.9 Å². The molecule has 162 valence electrons. The summed E-state index contributed by atoms with van der Waals surface area (Å²) in [7, 11) is 0. The van der Waals surface area contributed by atoms with Crippen LogP contribution < -0.4 is 10.6 Å². The van der Waals surface area contributed by atoms with Crippen LogP contribution in [-0.2, 0) is 11.2 Å². The number of carbonyl (C=O) groups excluding carboxylic acids is 2. The van der Waals surface area contributed by atoms with Crippen LogP contribution in [0.25, 0.3) is 11.0 Å². The Balaban J connectivity index is 1.59. The second kappa shape index (κ2) is 10.7. The molecular weight excluding hydrogens is 412 g/mol. The number of fused-ring (bicyclic) bond motifs is 1. The van der Waals surface area contributed by atoms with Gasteiger partial charge in [-0.15, -0.1) is 0 Å². The maximum atomic E-state index is 12.6. The Labute approximate surface area is 187 Å². The normalized spacial score (nSPS) is 10.6. The number of esters is 1. The van der Waals surface area contributed by atoms with E-state index in [0.717, 1.165) is 12.1 Å². The summed E-state index contributed by atoms with van der Waals surface area (Å²) in [5.74, 6) is -0.786. The van der Waals surface area contributed by atoms with E-state index in [9.17, 15) is 9.59 Å². The second-order valence-corrected chi connectivity index (χ2v) is 7.55. The lowest BCUT2D eigenvalue weighted by molar-refractivity contribution is 0.0492. The van der Waals surface area contributed by atoms with Crippen molar-refractivity contribution in [3.8, 4) is 0 Å². The first kappa shape index (κ1) is 22.5. The van der Waals surface area contributed by atoms with Gasteiger partial charge in [-0.25, -0.2) is 4.79 Å². The summed E-state index contributed by atoms with van der Waals surface area (Å²) in [6.07, 6.45) is 4.67. The number of hydrogen-bond donors (Lipinski definition) is 2. The van der Waals surface area contributed by atoms with E-state index in [1.807, 2.05) is 12.1 Å². The highest BCUT2D eigenvalue weighted by molar-refractivity contribution is 7.80. The van der Waals surface area contributed by atoms with E-state index in [2.05, 4.69) is 29.7 Å². The highest BCUT2D eigenvalue weighted by Crippen LogP contribution is 2.21. The van der Waals surface area contributed by atoms with Gasteiger partial charge in [0, 0.05) is 16.6 Å². The third kappa shape index (κ3) is 6.15. The number of rotatable bonds is 8. The van der Waals surface area contributed by atoms with Crippen LogP contribution in [0, 0.1) is 0 Å². The Bertz CT molecular complexity index is 1070. The number of carbonyl (C=O) groups is 2. The minimum Gasteiger partial charge on any atom is -0.460 e. The average molecular weight is 439 g/mol. The fourth-order valence-corrected chi connectivity index (χ4v) is 3.37. The molecule has 3 rings (SSSR count). The SMILES string of the molecule is CCCCCc1ccc(NC(=S)NC(=O)c2ccc3oc(C(=O)OCC)cc3c2)cc1. The Hall–Kier alpha value is -3.19. The summed E-state index contributed by atoms with van der Waals surface area (Å²) in [6.45, 7) is 4.17. The van der Waals surface area contributed by atoms with Crippen LogP contribution >= 0.6 is 12.2 Å². The standard InChI is InChI=1S/C24H26N2O4S/c1-3-5-6-7-16-8-11-19(12-9-16)25-24(31)26-22(27)17-10-13-20-18(14-17)15-21(30-20)23(28)29-4-2/h8-15H,3-7H2,1-2H3,(H2,25,26,27,31). The second-order valence-electron chi connectivity index (χ2n) is 7.15. The highest BCUT2D eigenvalue weighted by atomic mass is 32.1. The molecule has 0 radical (unpaired) electrons. The lowest BCUT2D eigenvalue weighted by Crippen LogP contribution is -2.34. The number of anilines is 1. The molecule has 0 unspecified atom stereocenters. The molecule has 0 aliphatic carbocycles. The number of benzene rings is 2. The maximum absolute atomic E-state index is 12.6. The van der Waals surface area contributed by atoms with Crippen LogP contribution in [0.4, 0.5) is 5.69 Å². The highest BCUT2D eigenvalue weighted by Gasteiger charge is 2.15. The van der Waals surface area contributed by atoms with Gasteiger partial charge in [0.05, 0.1) is 6.61 Å². The van der Waals surface area contributed by atoms with Gasteiger partial charge in [0.2, 0.25) is 5.76 Å². The molecule has 0 saturated carbocycles. The quantitative estimate of drug-likeness (QED) is 0.276. The zero-order chi connectivity index (χ0) is 22.2. The molecule has 1 heterocycles. The molecule has 6 nitrogen and oxygen atoms in total. The molecule has 3 aromatic rings. The van der Waals surface area contributed by atoms with E-state index >= 15 is 0 Å². The molecule has 31 heavy (non-hydrogen) atoms. The number of hydrogen-bond acceptors (Lipinski definition) is 5. The predicted molar refractivity (Wildman–Crippen MR) is 126 cm³/mol. The molecule has 0 fully saturated rings. The molecule has 0 atom stereocenters. The van der Waals surface area contributed by atoms with Gasteiger partial charge in [-0.3, -0.25) is 10.1 Å². The van der Waals surface area contributed by atoms with Crippen LogP contribution in [0.3, 0.4) is 0 Å². The molecule has 2 N–H and O–H groups in total. The topological polar surface area (TPSA) is 80.6 Å². The number of ether oxygens (including phenoxy) is 1. The van der Waals surface area contributed by atoms with Gasteiger partial charge in [0.25, 0.3) is 5.91 Å². The molecular formula is C24H26N2O4S.